The van der Waals surface area contributed by atoms with Crippen LogP contribution in [0.3, 0.4) is 0 Å². The predicted molar refractivity (Wildman–Crippen MR) is 64.0 cm³/mol. The normalized spacial score (nSPS) is 10.1. The molecule has 0 aromatic carbocycles. The molecule has 0 atom stereocenters. The van der Waals surface area contributed by atoms with Gasteiger partial charge in [-0.25, -0.2) is 9.78 Å². The molecule has 1 aromatic rings. The Morgan fingerprint density at radius 2 is 1.94 bits per heavy atom. The molecule has 0 spiro atoms. The number of carboxylic acids is 2. The van der Waals surface area contributed by atoms with E-state index in [2.05, 4.69) is 10.3 Å². The third-order valence-electron chi connectivity index (χ3n) is 2.04. The van der Waals surface area contributed by atoms with Crippen molar-refractivity contribution in [3.05, 3.63) is 10.6 Å². The zero-order valence-electron chi connectivity index (χ0n) is 9.60. The van der Waals surface area contributed by atoms with Gasteiger partial charge in [0.25, 0.3) is 0 Å². The highest BCUT2D eigenvalue weighted by atomic mass is 32.1. The van der Waals surface area contributed by atoms with Gasteiger partial charge in [-0.2, -0.15) is 0 Å². The summed E-state index contributed by atoms with van der Waals surface area (Å²) in [5, 5.41) is 19.9. The highest BCUT2D eigenvalue weighted by Crippen LogP contribution is 2.23. The molecule has 3 N–H and O–H groups in total. The van der Waals surface area contributed by atoms with Crippen molar-refractivity contribution in [2.24, 2.45) is 0 Å². The first-order chi connectivity index (χ1) is 8.43. The lowest BCUT2D eigenvalue weighted by atomic mass is 10.3. The molecule has 0 aliphatic rings. The van der Waals surface area contributed by atoms with Crippen molar-refractivity contribution in [1.82, 2.24) is 4.98 Å². The molecule has 0 saturated carbocycles. The van der Waals surface area contributed by atoms with Crippen LogP contribution in [0.4, 0.5) is 5.13 Å². The van der Waals surface area contributed by atoms with Gasteiger partial charge in [0.1, 0.15) is 4.88 Å². The van der Waals surface area contributed by atoms with Gasteiger partial charge >= 0.3 is 11.9 Å². The summed E-state index contributed by atoms with van der Waals surface area (Å²) in [5.41, 5.74) is 0.404. The van der Waals surface area contributed by atoms with Gasteiger partial charge in [0.05, 0.1) is 12.1 Å². The fourth-order valence-corrected chi connectivity index (χ4v) is 2.12. The van der Waals surface area contributed by atoms with Crippen molar-refractivity contribution in [3.63, 3.8) is 0 Å². The molecule has 0 unspecified atom stereocenters. The van der Waals surface area contributed by atoms with Gasteiger partial charge in [-0.3, -0.25) is 9.59 Å². The number of thiazole rings is 1. The number of nitrogens with one attached hydrogen (secondary N) is 1. The van der Waals surface area contributed by atoms with Crippen LogP contribution < -0.4 is 5.32 Å². The van der Waals surface area contributed by atoms with E-state index in [0.717, 1.165) is 11.3 Å². The largest absolute Gasteiger partial charge is 0.481 e. The second kappa shape index (κ2) is 6.10. The van der Waals surface area contributed by atoms with E-state index in [-0.39, 0.29) is 22.9 Å². The molecule has 18 heavy (non-hydrogen) atoms. The number of aryl methyl sites for hydroxylation is 1. The molecule has 7 nitrogen and oxygen atoms in total. The number of nitrogens with zero attached hydrogens (tertiary/aromatic N) is 1. The van der Waals surface area contributed by atoms with Crippen LogP contribution in [0.5, 0.6) is 0 Å². The first-order valence-corrected chi connectivity index (χ1v) is 6.00. The highest BCUT2D eigenvalue weighted by molar-refractivity contribution is 7.17. The molecule has 98 valence electrons. The Bertz CT molecular complexity index is 483. The molecule has 1 rings (SSSR count). The molecule has 1 heterocycles. The van der Waals surface area contributed by atoms with Gasteiger partial charge in [-0.05, 0) is 6.42 Å². The number of aromatic nitrogens is 1. The van der Waals surface area contributed by atoms with Crippen molar-refractivity contribution < 1.29 is 24.6 Å². The van der Waals surface area contributed by atoms with E-state index in [4.69, 9.17) is 10.2 Å². The lowest BCUT2D eigenvalue weighted by Crippen LogP contribution is -2.12. The average molecular weight is 272 g/mol. The Balaban J connectivity index is 2.70. The van der Waals surface area contributed by atoms with Crippen LogP contribution in [0.2, 0.25) is 0 Å². The van der Waals surface area contributed by atoms with E-state index in [1.54, 1.807) is 6.92 Å². The topological polar surface area (TPSA) is 117 Å². The molecular weight excluding hydrogens is 260 g/mol. The maximum Gasteiger partial charge on any atom is 0.347 e. The molecular formula is C10H12N2O5S. The molecule has 0 saturated heterocycles. The molecule has 0 radical (unpaired) electrons. The number of anilines is 1. The number of hydrogen-bond donors (Lipinski definition) is 3. The summed E-state index contributed by atoms with van der Waals surface area (Å²) in [6.07, 6.45) is 0.00549. The summed E-state index contributed by atoms with van der Waals surface area (Å²) in [5.74, 6) is -2.65. The van der Waals surface area contributed by atoms with Crippen molar-refractivity contribution in [2.45, 2.75) is 26.2 Å². The molecule has 0 bridgehead atoms. The maximum atomic E-state index is 11.3. The minimum atomic E-state index is -1.09. The van der Waals surface area contributed by atoms with Gasteiger partial charge in [-0.1, -0.05) is 18.3 Å². The third-order valence-corrected chi connectivity index (χ3v) is 3.04. The number of rotatable bonds is 6. The summed E-state index contributed by atoms with van der Waals surface area (Å²) >= 11 is 0.865. The van der Waals surface area contributed by atoms with Gasteiger partial charge in [0.15, 0.2) is 5.13 Å². The summed E-state index contributed by atoms with van der Waals surface area (Å²) in [7, 11) is 0. The SMILES string of the molecule is CCc1nc(NC(=O)CCC(=O)O)sc1C(=O)O. The second-order valence-corrected chi connectivity index (χ2v) is 4.39. The smallest absolute Gasteiger partial charge is 0.347 e. The second-order valence-electron chi connectivity index (χ2n) is 3.40. The number of hydrogen-bond acceptors (Lipinski definition) is 5. The first kappa shape index (κ1) is 14.1. The van der Waals surface area contributed by atoms with Crippen LogP contribution in [0.25, 0.3) is 0 Å². The van der Waals surface area contributed by atoms with Crippen molar-refractivity contribution in [3.8, 4) is 0 Å². The van der Waals surface area contributed by atoms with E-state index in [9.17, 15) is 14.4 Å². The fourth-order valence-electron chi connectivity index (χ4n) is 1.21. The van der Waals surface area contributed by atoms with Gasteiger partial charge < -0.3 is 15.5 Å². The average Bonchev–Trinajstić information content (AvgIpc) is 2.69. The van der Waals surface area contributed by atoms with E-state index in [1.165, 1.54) is 0 Å². The number of amides is 1. The monoisotopic (exact) mass is 272 g/mol. The van der Waals surface area contributed by atoms with E-state index in [1.807, 2.05) is 0 Å². The summed E-state index contributed by atoms with van der Waals surface area (Å²) in [6, 6.07) is 0. The first-order valence-electron chi connectivity index (χ1n) is 5.18. The van der Waals surface area contributed by atoms with Crippen LogP contribution in [-0.4, -0.2) is 33.0 Å². The van der Waals surface area contributed by atoms with Crippen LogP contribution in [0, 0.1) is 0 Å². The van der Waals surface area contributed by atoms with Crippen LogP contribution in [0.1, 0.15) is 35.1 Å². The summed E-state index contributed by atoms with van der Waals surface area (Å²) in [4.78, 5) is 36.6. The van der Waals surface area contributed by atoms with Crippen LogP contribution in [-0.2, 0) is 16.0 Å². The lowest BCUT2D eigenvalue weighted by molar-refractivity contribution is -0.138. The van der Waals surface area contributed by atoms with Gasteiger partial charge in [-0.15, -0.1) is 0 Å². The van der Waals surface area contributed by atoms with Gasteiger partial charge in [0, 0.05) is 6.42 Å². The Labute approximate surface area is 106 Å². The van der Waals surface area contributed by atoms with Crippen LogP contribution >= 0.6 is 11.3 Å². The Morgan fingerprint density at radius 3 is 2.39 bits per heavy atom. The zero-order chi connectivity index (χ0) is 13.7. The van der Waals surface area contributed by atoms with Gasteiger partial charge in [0.2, 0.25) is 5.91 Å². The Hall–Kier alpha value is -1.96. The molecule has 8 heteroatoms. The van der Waals surface area contributed by atoms with E-state index < -0.39 is 17.8 Å². The fraction of sp³-hybridized carbons (Fsp3) is 0.400. The number of aliphatic carboxylic acids is 1. The Kier molecular flexibility index (Phi) is 4.78. The minimum Gasteiger partial charge on any atom is -0.481 e. The van der Waals surface area contributed by atoms with Crippen molar-refractivity contribution in [1.29, 1.82) is 0 Å². The van der Waals surface area contributed by atoms with E-state index >= 15 is 0 Å². The molecule has 1 amide bonds. The van der Waals surface area contributed by atoms with E-state index in [0.29, 0.717) is 12.1 Å². The highest BCUT2D eigenvalue weighted by Gasteiger charge is 2.17. The Morgan fingerprint density at radius 1 is 1.28 bits per heavy atom. The standard InChI is InChI=1S/C10H12N2O5S/c1-2-5-8(9(16)17)18-10(11-5)12-6(13)3-4-7(14)15/h2-4H2,1H3,(H,14,15)(H,16,17)(H,11,12,13). The quantitative estimate of drug-likeness (QED) is 0.716. The summed E-state index contributed by atoms with van der Waals surface area (Å²) < 4.78 is 0. The maximum absolute atomic E-state index is 11.3. The number of carbonyl (C=O) groups is 3. The lowest BCUT2D eigenvalue weighted by Gasteiger charge is -1.98. The molecule has 0 aliphatic heterocycles. The number of carbonyl (C=O) groups excluding carboxylic acids is 1. The summed E-state index contributed by atoms with van der Waals surface area (Å²) in [6.45, 7) is 1.76. The van der Waals surface area contributed by atoms with Crippen molar-refractivity contribution >= 4 is 34.3 Å². The van der Waals surface area contributed by atoms with Crippen LogP contribution in [0.15, 0.2) is 0 Å². The minimum absolute atomic E-state index is 0.0889. The number of carboxylic acid groups (broad SMARTS) is 2. The molecule has 0 aliphatic carbocycles. The zero-order valence-corrected chi connectivity index (χ0v) is 10.4. The van der Waals surface area contributed by atoms with Crippen molar-refractivity contribution in [2.75, 3.05) is 5.32 Å². The molecule has 1 aromatic heterocycles. The number of aromatic carboxylic acids is 1. The third kappa shape index (κ3) is 3.81. The predicted octanol–water partition coefficient (Wildman–Crippen LogP) is 1.21. The molecule has 0 fully saturated rings.